The molecule has 0 bridgehead atoms. The first-order valence-corrected chi connectivity index (χ1v) is 13.8. The highest BCUT2D eigenvalue weighted by Gasteiger charge is 2.42. The SMILES string of the molecule is C[C@H]1CC[C@](c2cccc(NC(=O)Cc3ccc(C(F)(F)F)cc3)c2)(N2CCN(c3ccccc3)CC2)CC1. The van der Waals surface area contributed by atoms with E-state index in [1.165, 1.54) is 36.2 Å². The second-order valence-electron chi connectivity index (χ2n) is 11.0. The maximum Gasteiger partial charge on any atom is 0.416 e. The summed E-state index contributed by atoms with van der Waals surface area (Å²) in [6.07, 6.45) is 0.145. The quantitative estimate of drug-likeness (QED) is 0.365. The zero-order valence-corrected chi connectivity index (χ0v) is 22.4. The number of carbonyl (C=O) groups is 1. The molecular weight excluding hydrogens is 499 g/mol. The molecule has 1 saturated carbocycles. The van der Waals surface area contributed by atoms with E-state index < -0.39 is 11.7 Å². The van der Waals surface area contributed by atoms with E-state index in [0.29, 0.717) is 11.5 Å². The van der Waals surface area contributed by atoms with Crippen LogP contribution in [-0.4, -0.2) is 37.0 Å². The first-order valence-electron chi connectivity index (χ1n) is 13.8. The zero-order chi connectivity index (χ0) is 27.5. The van der Waals surface area contributed by atoms with Gasteiger partial charge in [0.15, 0.2) is 0 Å². The number of hydrogen-bond donors (Lipinski definition) is 1. The van der Waals surface area contributed by atoms with Crippen LogP contribution in [0.4, 0.5) is 24.5 Å². The van der Waals surface area contributed by atoms with Gasteiger partial charge in [-0.3, -0.25) is 9.69 Å². The summed E-state index contributed by atoms with van der Waals surface area (Å²) in [4.78, 5) is 17.9. The maximum absolute atomic E-state index is 12.9. The average Bonchev–Trinajstić information content (AvgIpc) is 2.94. The van der Waals surface area contributed by atoms with Crippen molar-refractivity contribution in [2.45, 2.75) is 50.7 Å². The van der Waals surface area contributed by atoms with Crippen LogP contribution >= 0.6 is 0 Å². The monoisotopic (exact) mass is 535 g/mol. The third-order valence-corrected chi connectivity index (χ3v) is 8.44. The Balaban J connectivity index is 1.30. The molecule has 1 amide bonds. The smallest absolute Gasteiger partial charge is 0.369 e. The van der Waals surface area contributed by atoms with Gasteiger partial charge in [0.1, 0.15) is 0 Å². The molecule has 0 unspecified atom stereocenters. The van der Waals surface area contributed by atoms with Crippen LogP contribution in [0.25, 0.3) is 0 Å². The number of rotatable bonds is 6. The summed E-state index contributed by atoms with van der Waals surface area (Å²) >= 11 is 0. The molecule has 1 N–H and O–H groups in total. The first-order chi connectivity index (χ1) is 18.7. The van der Waals surface area contributed by atoms with E-state index in [1.807, 2.05) is 18.2 Å². The predicted molar refractivity (Wildman–Crippen MR) is 150 cm³/mol. The molecule has 0 aromatic heterocycles. The maximum atomic E-state index is 12.9. The zero-order valence-electron chi connectivity index (χ0n) is 22.4. The lowest BCUT2D eigenvalue weighted by atomic mass is 9.71. The van der Waals surface area contributed by atoms with Gasteiger partial charge in [0.2, 0.25) is 5.91 Å². The van der Waals surface area contributed by atoms with Crippen LogP contribution in [0.5, 0.6) is 0 Å². The fourth-order valence-electron chi connectivity index (χ4n) is 6.15. The normalized spacial score (nSPS) is 22.5. The molecule has 206 valence electrons. The molecule has 0 spiro atoms. The minimum atomic E-state index is -4.39. The minimum Gasteiger partial charge on any atom is -0.369 e. The molecule has 2 fully saturated rings. The molecule has 5 rings (SSSR count). The number of carbonyl (C=O) groups excluding carboxylic acids is 1. The van der Waals surface area contributed by atoms with Crippen molar-refractivity contribution in [2.75, 3.05) is 36.4 Å². The Bertz CT molecular complexity index is 1240. The molecule has 4 nitrogen and oxygen atoms in total. The highest BCUT2D eigenvalue weighted by Crippen LogP contribution is 2.45. The molecule has 1 aliphatic carbocycles. The molecule has 3 aromatic rings. The van der Waals surface area contributed by atoms with Gasteiger partial charge >= 0.3 is 6.18 Å². The van der Waals surface area contributed by atoms with Crippen molar-refractivity contribution in [3.63, 3.8) is 0 Å². The number of benzene rings is 3. The van der Waals surface area contributed by atoms with Crippen LogP contribution in [0.3, 0.4) is 0 Å². The van der Waals surface area contributed by atoms with Gasteiger partial charge in [-0.05, 0) is 79.1 Å². The van der Waals surface area contributed by atoms with Gasteiger partial charge in [-0.2, -0.15) is 13.2 Å². The number of nitrogens with zero attached hydrogens (tertiary/aromatic N) is 2. The van der Waals surface area contributed by atoms with Gasteiger partial charge in [-0.1, -0.05) is 49.4 Å². The number of para-hydroxylation sites is 1. The van der Waals surface area contributed by atoms with Crippen LogP contribution in [0.15, 0.2) is 78.9 Å². The van der Waals surface area contributed by atoms with Gasteiger partial charge in [0.25, 0.3) is 0 Å². The third kappa shape index (κ3) is 6.30. The fraction of sp³-hybridized carbons (Fsp3) is 0.406. The van der Waals surface area contributed by atoms with Crippen LogP contribution in [-0.2, 0) is 22.9 Å². The number of amides is 1. The van der Waals surface area contributed by atoms with E-state index >= 15 is 0 Å². The molecule has 1 saturated heterocycles. The van der Waals surface area contributed by atoms with E-state index in [0.717, 1.165) is 56.8 Å². The van der Waals surface area contributed by atoms with Crippen molar-refractivity contribution in [1.82, 2.24) is 4.90 Å². The number of piperazine rings is 1. The third-order valence-electron chi connectivity index (χ3n) is 8.44. The topological polar surface area (TPSA) is 35.6 Å². The predicted octanol–water partition coefficient (Wildman–Crippen LogP) is 7.11. The van der Waals surface area contributed by atoms with Crippen LogP contribution in [0.1, 0.15) is 49.3 Å². The second-order valence-corrected chi connectivity index (χ2v) is 11.0. The molecule has 0 radical (unpaired) electrons. The Morgan fingerprint density at radius 3 is 2.21 bits per heavy atom. The van der Waals surface area contributed by atoms with Crippen LogP contribution in [0.2, 0.25) is 0 Å². The summed E-state index contributed by atoms with van der Waals surface area (Å²) in [5, 5.41) is 2.98. The first kappa shape index (κ1) is 27.3. The number of anilines is 2. The summed E-state index contributed by atoms with van der Waals surface area (Å²) in [5.41, 5.74) is 2.99. The van der Waals surface area contributed by atoms with Crippen LogP contribution < -0.4 is 10.2 Å². The molecule has 39 heavy (non-hydrogen) atoms. The van der Waals surface area contributed by atoms with Gasteiger partial charge < -0.3 is 10.2 Å². The Kier molecular flexibility index (Phi) is 7.98. The Labute approximate surface area is 228 Å². The summed E-state index contributed by atoms with van der Waals surface area (Å²) in [6, 6.07) is 23.5. The van der Waals surface area contributed by atoms with Crippen molar-refractivity contribution in [1.29, 1.82) is 0 Å². The largest absolute Gasteiger partial charge is 0.416 e. The molecule has 1 aliphatic heterocycles. The summed E-state index contributed by atoms with van der Waals surface area (Å²) < 4.78 is 38.6. The lowest BCUT2D eigenvalue weighted by Crippen LogP contribution is -2.56. The number of hydrogen-bond acceptors (Lipinski definition) is 3. The van der Waals surface area contributed by atoms with Crippen molar-refractivity contribution in [2.24, 2.45) is 5.92 Å². The standard InChI is InChI=1S/C32H36F3N3O/c1-24-14-16-31(17-15-24,38-20-18-37(19-21-38)29-8-3-2-4-9-29)27-6-5-7-28(23-27)36-30(39)22-25-10-12-26(13-11-25)32(33,34)35/h2-13,23-24H,14-22H2,1H3,(H,36,39)/t24-,31-. The highest BCUT2D eigenvalue weighted by atomic mass is 19.4. The summed E-state index contributed by atoms with van der Waals surface area (Å²) in [5.74, 6) is 0.463. The van der Waals surface area contributed by atoms with Gasteiger partial charge in [-0.15, -0.1) is 0 Å². The highest BCUT2D eigenvalue weighted by molar-refractivity contribution is 5.92. The van der Waals surface area contributed by atoms with Gasteiger partial charge in [0.05, 0.1) is 12.0 Å². The van der Waals surface area contributed by atoms with Gasteiger partial charge in [-0.25, -0.2) is 0 Å². The second kappa shape index (κ2) is 11.4. The average molecular weight is 536 g/mol. The summed E-state index contributed by atoms with van der Waals surface area (Å²) in [6.45, 7) is 6.24. The van der Waals surface area contributed by atoms with Crippen molar-refractivity contribution < 1.29 is 18.0 Å². The molecule has 2 aliphatic rings. The van der Waals surface area contributed by atoms with E-state index in [-0.39, 0.29) is 17.9 Å². The molecule has 1 heterocycles. The van der Waals surface area contributed by atoms with Gasteiger partial charge in [0, 0.05) is 43.1 Å². The molecule has 7 heteroatoms. The van der Waals surface area contributed by atoms with Crippen molar-refractivity contribution >= 4 is 17.3 Å². The Morgan fingerprint density at radius 2 is 1.56 bits per heavy atom. The fourth-order valence-corrected chi connectivity index (χ4v) is 6.15. The van der Waals surface area contributed by atoms with E-state index in [2.05, 4.69) is 58.4 Å². The number of nitrogens with one attached hydrogen (secondary N) is 1. The Hall–Kier alpha value is -3.32. The minimum absolute atomic E-state index is 0.0203. The summed E-state index contributed by atoms with van der Waals surface area (Å²) in [7, 11) is 0. The van der Waals surface area contributed by atoms with Crippen molar-refractivity contribution in [3.05, 3.63) is 95.6 Å². The lowest BCUT2D eigenvalue weighted by molar-refractivity contribution is -0.137. The molecule has 0 atom stereocenters. The Morgan fingerprint density at radius 1 is 0.897 bits per heavy atom. The van der Waals surface area contributed by atoms with E-state index in [1.54, 1.807) is 0 Å². The lowest BCUT2D eigenvalue weighted by Gasteiger charge is -2.51. The van der Waals surface area contributed by atoms with E-state index in [4.69, 9.17) is 0 Å². The molecule has 3 aromatic carbocycles. The van der Waals surface area contributed by atoms with Crippen molar-refractivity contribution in [3.8, 4) is 0 Å². The number of alkyl halides is 3. The van der Waals surface area contributed by atoms with E-state index in [9.17, 15) is 18.0 Å². The molecular formula is C32H36F3N3O. The number of halogens is 3. The van der Waals surface area contributed by atoms with Crippen LogP contribution in [0, 0.1) is 5.92 Å².